The van der Waals surface area contributed by atoms with Crippen LogP contribution in [0.3, 0.4) is 0 Å². The van der Waals surface area contributed by atoms with Crippen molar-refractivity contribution in [2.75, 3.05) is 19.5 Å². The summed E-state index contributed by atoms with van der Waals surface area (Å²) in [5.74, 6) is -1.40. The van der Waals surface area contributed by atoms with Crippen molar-refractivity contribution < 1.29 is 42.1 Å². The molecule has 2 aliphatic rings. The number of aliphatic hydroxyl groups excluding tert-OH is 1. The Hall–Kier alpha value is -3.36. The molecule has 1 aliphatic carbocycles. The number of nitrogens with one attached hydrogen (secondary N) is 1. The molecule has 1 aromatic carbocycles. The quantitative estimate of drug-likeness (QED) is 0.209. The smallest absolute Gasteiger partial charge is 0.459 e. The Labute approximate surface area is 247 Å². The predicted molar refractivity (Wildman–Crippen MR) is 152 cm³/mol. The molecule has 0 amide bonds. The topological polar surface area (TPSA) is 182 Å². The molecule has 16 heteroatoms. The van der Waals surface area contributed by atoms with E-state index in [0.717, 1.165) is 44.2 Å². The minimum Gasteiger partial charge on any atom is -0.479 e. The number of anilines is 1. The van der Waals surface area contributed by atoms with Crippen LogP contribution in [-0.4, -0.2) is 68.7 Å². The molecule has 1 unspecified atom stereocenters. The van der Waals surface area contributed by atoms with E-state index in [2.05, 4.69) is 20.0 Å². The maximum atomic E-state index is 14.0. The molecule has 1 saturated heterocycles. The first kappa shape index (κ1) is 31.1. The number of methoxy groups -OCH3 is 1. The van der Waals surface area contributed by atoms with Crippen molar-refractivity contribution in [3.05, 3.63) is 36.4 Å². The van der Waals surface area contributed by atoms with Crippen LogP contribution >= 0.6 is 7.75 Å². The van der Waals surface area contributed by atoms with Crippen molar-refractivity contribution >= 4 is 30.8 Å². The number of esters is 1. The van der Waals surface area contributed by atoms with E-state index in [1.54, 1.807) is 11.5 Å². The zero-order valence-corrected chi connectivity index (χ0v) is 25.0. The number of imidazole rings is 1. The summed E-state index contributed by atoms with van der Waals surface area (Å²) in [5, 5.41) is 13.7. The number of aromatic nitrogens is 4. The van der Waals surface area contributed by atoms with Crippen molar-refractivity contribution in [1.29, 1.82) is 0 Å². The van der Waals surface area contributed by atoms with E-state index in [1.165, 1.54) is 32.5 Å². The first-order chi connectivity index (χ1) is 20.6. The number of hydrogen-bond acceptors (Lipinski definition) is 12. The molecule has 1 aliphatic heterocycles. The van der Waals surface area contributed by atoms with Crippen LogP contribution in [0, 0.1) is 11.7 Å². The standard InChI is InChI=1S/C27H36FN6O8P/c1-15-22(35)20(41-25(15)34-14-30-21-23(34)31-27(29)32-24(21)38-3)13-39-43(37,42-19-11-9-17(28)10-12-19)33-16(2)26(36)40-18-7-5-4-6-8-18/h9-12,14-16,18,20,22,25,35H,4-8,13H2,1-3H3,(H,33,37)(H2,29,31,32)/t15-,16-,20+,22-,25+,43?/m0/s1. The highest BCUT2D eigenvalue weighted by molar-refractivity contribution is 7.52. The first-order valence-electron chi connectivity index (χ1n) is 14.1. The Balaban J connectivity index is 1.31. The molecule has 234 valence electrons. The van der Waals surface area contributed by atoms with Gasteiger partial charge in [0.05, 0.1) is 26.1 Å². The van der Waals surface area contributed by atoms with Gasteiger partial charge < -0.3 is 29.6 Å². The summed E-state index contributed by atoms with van der Waals surface area (Å²) in [7, 11) is -2.86. The van der Waals surface area contributed by atoms with Crippen LogP contribution in [0.2, 0.25) is 0 Å². The summed E-state index contributed by atoms with van der Waals surface area (Å²) in [4.78, 5) is 25.4. The van der Waals surface area contributed by atoms with Gasteiger partial charge in [0, 0.05) is 5.92 Å². The lowest BCUT2D eigenvalue weighted by molar-refractivity contribution is -0.152. The lowest BCUT2D eigenvalue weighted by atomic mass is 9.98. The van der Waals surface area contributed by atoms with Crippen molar-refractivity contribution in [3.63, 3.8) is 0 Å². The minimum absolute atomic E-state index is 0.0294. The number of ether oxygens (including phenoxy) is 3. The molecule has 3 heterocycles. The molecule has 0 spiro atoms. The number of fused-ring (bicyclic) bond motifs is 1. The SMILES string of the molecule is COc1nc(N)nc2c1ncn2[C@@H]1O[C@H](COP(=O)(N[C@@H](C)C(=O)OC2CCCCC2)Oc2ccc(F)cc2)[C@@H](O)[C@@H]1C. The number of carbonyl (C=O) groups excluding carboxylic acids is 1. The molecule has 3 aromatic rings. The summed E-state index contributed by atoms with van der Waals surface area (Å²) in [5.41, 5.74) is 6.54. The second-order valence-corrected chi connectivity index (χ2v) is 12.4. The van der Waals surface area contributed by atoms with Gasteiger partial charge in [-0.05, 0) is 56.9 Å². The highest BCUT2D eigenvalue weighted by Crippen LogP contribution is 2.47. The molecule has 0 bridgehead atoms. The number of rotatable bonds is 11. The van der Waals surface area contributed by atoms with E-state index in [4.69, 9.17) is 29.0 Å². The molecule has 2 fully saturated rings. The Morgan fingerprint density at radius 1 is 1.26 bits per heavy atom. The number of halogens is 1. The molecule has 4 N–H and O–H groups in total. The monoisotopic (exact) mass is 622 g/mol. The fraction of sp³-hybridized carbons (Fsp3) is 0.556. The summed E-state index contributed by atoms with van der Waals surface area (Å²) >= 11 is 0. The second kappa shape index (κ2) is 13.1. The Morgan fingerprint density at radius 3 is 2.67 bits per heavy atom. The average Bonchev–Trinajstić information content (AvgIpc) is 3.53. The van der Waals surface area contributed by atoms with Crippen LogP contribution in [0.4, 0.5) is 10.3 Å². The second-order valence-electron chi connectivity index (χ2n) is 10.7. The van der Waals surface area contributed by atoms with Crippen molar-refractivity contribution in [2.45, 2.75) is 76.5 Å². The van der Waals surface area contributed by atoms with Crippen LogP contribution in [0.1, 0.15) is 52.2 Å². The highest BCUT2D eigenvalue weighted by atomic mass is 31.2. The van der Waals surface area contributed by atoms with E-state index >= 15 is 0 Å². The third kappa shape index (κ3) is 7.07. The van der Waals surface area contributed by atoms with Gasteiger partial charge in [0.15, 0.2) is 11.2 Å². The Morgan fingerprint density at radius 2 is 1.98 bits per heavy atom. The minimum atomic E-state index is -4.29. The summed E-state index contributed by atoms with van der Waals surface area (Å²) < 4.78 is 57.4. The molecule has 5 rings (SSSR count). The van der Waals surface area contributed by atoms with Crippen molar-refractivity contribution in [1.82, 2.24) is 24.6 Å². The third-order valence-corrected chi connectivity index (χ3v) is 9.19. The molecule has 6 atom stereocenters. The largest absolute Gasteiger partial charge is 0.479 e. The van der Waals surface area contributed by atoms with Crippen molar-refractivity contribution in [2.24, 2.45) is 5.92 Å². The van der Waals surface area contributed by atoms with E-state index < -0.39 is 49.9 Å². The van der Waals surface area contributed by atoms with Crippen LogP contribution < -0.4 is 20.1 Å². The molecule has 43 heavy (non-hydrogen) atoms. The van der Waals surface area contributed by atoms with Gasteiger partial charge in [0.2, 0.25) is 11.8 Å². The number of aliphatic hydroxyl groups is 1. The zero-order valence-electron chi connectivity index (χ0n) is 24.1. The Bertz CT molecular complexity index is 1470. The molecular weight excluding hydrogens is 586 g/mol. The van der Waals surface area contributed by atoms with Crippen molar-refractivity contribution in [3.8, 4) is 11.6 Å². The first-order valence-corrected chi connectivity index (χ1v) is 15.7. The van der Waals surface area contributed by atoms with Gasteiger partial charge in [0.1, 0.15) is 36.0 Å². The highest BCUT2D eigenvalue weighted by Gasteiger charge is 2.44. The zero-order chi connectivity index (χ0) is 30.7. The van der Waals surface area contributed by atoms with E-state index in [-0.39, 0.29) is 30.3 Å². The molecule has 1 saturated carbocycles. The maximum Gasteiger partial charge on any atom is 0.459 e. The fourth-order valence-corrected chi connectivity index (χ4v) is 6.72. The Kier molecular flexibility index (Phi) is 9.47. The van der Waals surface area contributed by atoms with Crippen LogP contribution in [0.5, 0.6) is 11.6 Å². The molecule has 14 nitrogen and oxygen atoms in total. The van der Waals surface area contributed by atoms with E-state index in [0.29, 0.717) is 11.2 Å². The number of nitrogens with zero attached hydrogens (tertiary/aromatic N) is 4. The van der Waals surface area contributed by atoms with Gasteiger partial charge >= 0.3 is 13.7 Å². The molecular formula is C27H36FN6O8P. The van der Waals surface area contributed by atoms with E-state index in [9.17, 15) is 18.9 Å². The van der Waals surface area contributed by atoms with Crippen LogP contribution in [-0.2, 0) is 23.4 Å². The molecule has 0 radical (unpaired) electrons. The number of nitrogens with two attached hydrogens (primary N) is 1. The van der Waals surface area contributed by atoms with Gasteiger partial charge in [-0.3, -0.25) is 13.9 Å². The maximum absolute atomic E-state index is 14.0. The number of benzene rings is 1. The van der Waals surface area contributed by atoms with Gasteiger partial charge in [-0.15, -0.1) is 0 Å². The van der Waals surface area contributed by atoms with Gasteiger partial charge in [-0.1, -0.05) is 13.3 Å². The number of nitrogen functional groups attached to an aromatic ring is 1. The number of hydrogen-bond donors (Lipinski definition) is 3. The van der Waals surface area contributed by atoms with E-state index in [1.807, 2.05) is 0 Å². The van der Waals surface area contributed by atoms with Gasteiger partial charge in [-0.25, -0.2) is 13.9 Å². The molecule has 2 aromatic heterocycles. The van der Waals surface area contributed by atoms with Crippen LogP contribution in [0.25, 0.3) is 11.2 Å². The lowest BCUT2D eigenvalue weighted by Crippen LogP contribution is -2.38. The average molecular weight is 623 g/mol. The normalized spacial score (nSPS) is 24.9. The third-order valence-electron chi connectivity index (χ3n) is 7.55. The predicted octanol–water partition coefficient (Wildman–Crippen LogP) is 3.51. The van der Waals surface area contributed by atoms with Gasteiger partial charge in [0.25, 0.3) is 0 Å². The summed E-state index contributed by atoms with van der Waals surface area (Å²) in [6, 6.07) is 3.77. The lowest BCUT2D eigenvalue weighted by Gasteiger charge is -2.27. The summed E-state index contributed by atoms with van der Waals surface area (Å²) in [6.45, 7) is 2.87. The van der Waals surface area contributed by atoms with Gasteiger partial charge in [-0.2, -0.15) is 15.1 Å². The number of carbonyl (C=O) groups is 1. The fourth-order valence-electron chi connectivity index (χ4n) is 5.22. The van der Waals surface area contributed by atoms with Crippen LogP contribution in [0.15, 0.2) is 30.6 Å². The summed E-state index contributed by atoms with van der Waals surface area (Å²) in [6.07, 6.45) is 3.08.